The fourth-order valence-corrected chi connectivity index (χ4v) is 2.92. The van der Waals surface area contributed by atoms with Crippen LogP contribution >= 0.6 is 0 Å². The van der Waals surface area contributed by atoms with Gasteiger partial charge in [0.2, 0.25) is 0 Å². The second-order valence-corrected chi connectivity index (χ2v) is 6.66. The third-order valence-corrected chi connectivity index (χ3v) is 4.64. The van der Waals surface area contributed by atoms with Crippen LogP contribution in [0.15, 0.2) is 27.8 Å². The van der Waals surface area contributed by atoms with Crippen molar-refractivity contribution in [1.29, 1.82) is 0 Å². The first-order valence-electron chi connectivity index (χ1n) is 8.59. The van der Waals surface area contributed by atoms with Crippen molar-refractivity contribution < 1.29 is 14.3 Å². The van der Waals surface area contributed by atoms with Crippen molar-refractivity contribution in [3.8, 4) is 5.75 Å². The Labute approximate surface area is 159 Å². The summed E-state index contributed by atoms with van der Waals surface area (Å²) in [6.45, 7) is 3.21. The van der Waals surface area contributed by atoms with Gasteiger partial charge in [0.25, 0.3) is 11.5 Å². The lowest BCUT2D eigenvalue weighted by atomic mass is 10.1. The van der Waals surface area contributed by atoms with E-state index in [2.05, 4.69) is 10.6 Å². The maximum Gasteiger partial charge on any atom is 0.332 e. The highest BCUT2D eigenvalue weighted by Gasteiger charge is 2.26. The Morgan fingerprint density at radius 2 is 1.93 bits per heavy atom. The van der Waals surface area contributed by atoms with Crippen LogP contribution in [0.1, 0.15) is 24.2 Å². The zero-order valence-electron chi connectivity index (χ0n) is 15.9. The molecule has 1 aliphatic rings. The van der Waals surface area contributed by atoms with Crippen LogP contribution in [0.5, 0.6) is 5.75 Å². The SMILES string of the molecule is C[C@H](Nc1ccc2c(c1)NC(=O)[C@H](C)O2)C(=O)c1c(N)n(C)c(=O)n(C)c1=O. The van der Waals surface area contributed by atoms with Crippen LogP contribution in [0.3, 0.4) is 0 Å². The van der Waals surface area contributed by atoms with E-state index in [1.54, 1.807) is 32.0 Å². The number of fused-ring (bicyclic) bond motifs is 1. The summed E-state index contributed by atoms with van der Waals surface area (Å²) < 4.78 is 7.38. The monoisotopic (exact) mass is 387 g/mol. The Bertz CT molecular complexity index is 1100. The van der Waals surface area contributed by atoms with Gasteiger partial charge in [-0.2, -0.15) is 0 Å². The molecule has 0 saturated carbocycles. The molecule has 0 radical (unpaired) electrons. The number of nitrogens with two attached hydrogens (primary N) is 1. The molecule has 1 aromatic carbocycles. The van der Waals surface area contributed by atoms with Gasteiger partial charge in [-0.3, -0.25) is 23.5 Å². The van der Waals surface area contributed by atoms with Crippen LogP contribution in [0.25, 0.3) is 0 Å². The number of ketones is 1. The predicted molar refractivity (Wildman–Crippen MR) is 104 cm³/mol. The number of Topliss-reactive ketones (excluding diaryl/α,β-unsaturated/α-hetero) is 1. The lowest BCUT2D eigenvalue weighted by molar-refractivity contribution is -0.122. The molecule has 1 aromatic heterocycles. The van der Waals surface area contributed by atoms with Crippen molar-refractivity contribution >= 4 is 28.9 Å². The number of carbonyl (C=O) groups excluding carboxylic acids is 2. The van der Waals surface area contributed by atoms with Crippen molar-refractivity contribution in [3.05, 3.63) is 44.6 Å². The van der Waals surface area contributed by atoms with E-state index in [0.717, 1.165) is 9.13 Å². The molecule has 4 N–H and O–H groups in total. The summed E-state index contributed by atoms with van der Waals surface area (Å²) in [4.78, 5) is 48.9. The minimum Gasteiger partial charge on any atom is -0.479 e. The van der Waals surface area contributed by atoms with Gasteiger partial charge in [0, 0.05) is 19.8 Å². The smallest absolute Gasteiger partial charge is 0.332 e. The predicted octanol–water partition coefficient (Wildman–Crippen LogP) is 0.0689. The topological polar surface area (TPSA) is 137 Å². The number of hydrogen-bond donors (Lipinski definition) is 3. The number of rotatable bonds is 4. The third-order valence-electron chi connectivity index (χ3n) is 4.64. The largest absolute Gasteiger partial charge is 0.479 e. The summed E-state index contributed by atoms with van der Waals surface area (Å²) in [6.07, 6.45) is -0.587. The molecule has 0 spiro atoms. The Morgan fingerprint density at radius 3 is 2.61 bits per heavy atom. The molecule has 148 valence electrons. The quantitative estimate of drug-likeness (QED) is 0.631. The van der Waals surface area contributed by atoms with Crippen molar-refractivity contribution in [2.75, 3.05) is 16.4 Å². The van der Waals surface area contributed by atoms with E-state index in [0.29, 0.717) is 17.1 Å². The van der Waals surface area contributed by atoms with Crippen molar-refractivity contribution in [1.82, 2.24) is 9.13 Å². The fourth-order valence-electron chi connectivity index (χ4n) is 2.92. The molecule has 0 unspecified atom stereocenters. The first-order chi connectivity index (χ1) is 13.1. The van der Waals surface area contributed by atoms with Gasteiger partial charge in [-0.1, -0.05) is 0 Å². The highest BCUT2D eigenvalue weighted by Crippen LogP contribution is 2.32. The van der Waals surface area contributed by atoms with Gasteiger partial charge >= 0.3 is 5.69 Å². The van der Waals surface area contributed by atoms with Gasteiger partial charge < -0.3 is 21.1 Å². The van der Waals surface area contributed by atoms with Crippen molar-refractivity contribution in [3.63, 3.8) is 0 Å². The Balaban J connectivity index is 1.89. The van der Waals surface area contributed by atoms with E-state index >= 15 is 0 Å². The average Bonchev–Trinajstić information content (AvgIpc) is 2.66. The van der Waals surface area contributed by atoms with Crippen LogP contribution in [0.2, 0.25) is 0 Å². The maximum absolute atomic E-state index is 12.8. The first-order valence-corrected chi connectivity index (χ1v) is 8.59. The number of benzene rings is 1. The number of hydrogen-bond acceptors (Lipinski definition) is 7. The number of nitrogen functional groups attached to an aromatic ring is 1. The van der Waals surface area contributed by atoms with Gasteiger partial charge in [-0.15, -0.1) is 0 Å². The number of ether oxygens (including phenoxy) is 1. The molecule has 2 atom stereocenters. The average molecular weight is 387 g/mol. The number of carbonyl (C=O) groups is 2. The number of anilines is 3. The summed E-state index contributed by atoms with van der Waals surface area (Å²) in [5, 5.41) is 5.70. The Kier molecular flexibility index (Phi) is 4.72. The third kappa shape index (κ3) is 3.13. The summed E-state index contributed by atoms with van der Waals surface area (Å²) in [5.41, 5.74) is 5.24. The van der Waals surface area contributed by atoms with E-state index in [1.807, 2.05) is 0 Å². The normalized spacial score (nSPS) is 16.6. The van der Waals surface area contributed by atoms with Gasteiger partial charge in [-0.05, 0) is 32.0 Å². The van der Waals surface area contributed by atoms with E-state index < -0.39 is 29.2 Å². The molecule has 1 amide bonds. The highest BCUT2D eigenvalue weighted by molar-refractivity contribution is 6.04. The second kappa shape index (κ2) is 6.87. The molecule has 0 aliphatic carbocycles. The van der Waals surface area contributed by atoms with Crippen molar-refractivity contribution in [2.24, 2.45) is 14.1 Å². The van der Waals surface area contributed by atoms with Crippen LogP contribution in [0.4, 0.5) is 17.2 Å². The minimum absolute atomic E-state index is 0.188. The van der Waals surface area contributed by atoms with Gasteiger partial charge in [0.05, 0.1) is 11.7 Å². The molecular formula is C18H21N5O5. The molecule has 0 bridgehead atoms. The molecule has 28 heavy (non-hydrogen) atoms. The fraction of sp³-hybridized carbons (Fsp3) is 0.333. The molecule has 3 rings (SSSR count). The standard InChI is InChI=1S/C18H21N5O5/c1-8(14(24)13-15(19)22(3)18(27)23(4)17(13)26)20-10-5-6-12-11(7-10)21-16(25)9(2)28-12/h5-9,20H,19H2,1-4H3,(H,21,25)/t8-,9-/m0/s1. The molecule has 10 heteroatoms. The van der Waals surface area contributed by atoms with E-state index in [9.17, 15) is 19.2 Å². The molecule has 1 aliphatic heterocycles. The number of amides is 1. The molecular weight excluding hydrogens is 366 g/mol. The van der Waals surface area contributed by atoms with Crippen molar-refractivity contribution in [2.45, 2.75) is 26.0 Å². The summed E-state index contributed by atoms with van der Waals surface area (Å²) >= 11 is 0. The van der Waals surface area contributed by atoms with E-state index in [-0.39, 0.29) is 17.3 Å². The molecule has 2 aromatic rings. The van der Waals surface area contributed by atoms with Crippen LogP contribution in [-0.2, 0) is 18.9 Å². The second-order valence-electron chi connectivity index (χ2n) is 6.66. The minimum atomic E-state index is -0.815. The number of nitrogens with zero attached hydrogens (tertiary/aromatic N) is 2. The zero-order valence-corrected chi connectivity index (χ0v) is 15.9. The highest BCUT2D eigenvalue weighted by atomic mass is 16.5. The molecule has 0 fully saturated rings. The Hall–Kier alpha value is -3.56. The Morgan fingerprint density at radius 1 is 1.25 bits per heavy atom. The lowest BCUT2D eigenvalue weighted by Gasteiger charge is -2.24. The van der Waals surface area contributed by atoms with Gasteiger partial charge in [0.1, 0.15) is 17.1 Å². The number of aromatic nitrogens is 2. The first kappa shape index (κ1) is 19.2. The zero-order chi connectivity index (χ0) is 20.7. The lowest BCUT2D eigenvalue weighted by Crippen LogP contribution is -2.43. The van der Waals surface area contributed by atoms with Gasteiger partial charge in [-0.25, -0.2) is 4.79 Å². The van der Waals surface area contributed by atoms with Gasteiger partial charge in [0.15, 0.2) is 11.9 Å². The summed E-state index contributed by atoms with van der Waals surface area (Å²) in [5.74, 6) is -0.491. The summed E-state index contributed by atoms with van der Waals surface area (Å²) in [6, 6.07) is 4.18. The van der Waals surface area contributed by atoms with E-state index in [4.69, 9.17) is 10.5 Å². The molecule has 10 nitrogen and oxygen atoms in total. The molecule has 0 saturated heterocycles. The summed E-state index contributed by atoms with van der Waals surface area (Å²) in [7, 11) is 2.67. The van der Waals surface area contributed by atoms with Crippen LogP contribution in [-0.4, -0.2) is 33.0 Å². The van der Waals surface area contributed by atoms with E-state index in [1.165, 1.54) is 14.1 Å². The maximum atomic E-state index is 12.8. The molecule has 2 heterocycles. The number of nitrogens with one attached hydrogen (secondary N) is 2. The van der Waals surface area contributed by atoms with Crippen LogP contribution < -0.4 is 32.4 Å². The van der Waals surface area contributed by atoms with Crippen LogP contribution in [0, 0.1) is 0 Å².